The van der Waals surface area contributed by atoms with Crippen LogP contribution in [-0.2, 0) is 28.6 Å². The molecule has 10 nitrogen and oxygen atoms in total. The first-order chi connectivity index (χ1) is 22.2. The minimum absolute atomic E-state index is 0.0439. The number of amides is 3. The summed E-state index contributed by atoms with van der Waals surface area (Å²) in [6, 6.07) is 12.7. The summed E-state index contributed by atoms with van der Waals surface area (Å²) in [5, 5.41) is 2.58. The highest BCUT2D eigenvalue weighted by Gasteiger charge is 2.49. The lowest BCUT2D eigenvalue weighted by molar-refractivity contribution is -0.133. The Morgan fingerprint density at radius 2 is 1.72 bits per heavy atom. The van der Waals surface area contributed by atoms with Crippen molar-refractivity contribution in [2.24, 2.45) is 0 Å². The van der Waals surface area contributed by atoms with Crippen molar-refractivity contribution in [1.82, 2.24) is 10.2 Å². The summed E-state index contributed by atoms with van der Waals surface area (Å²) < 4.78 is 78.5. The van der Waals surface area contributed by atoms with Gasteiger partial charge in [0.05, 0.1) is 24.7 Å². The van der Waals surface area contributed by atoms with Gasteiger partial charge in [-0.15, -0.1) is 0 Å². The Balaban J connectivity index is 1.54. The fraction of sp³-hybridized carbons (Fsp3) is 0.344. The summed E-state index contributed by atoms with van der Waals surface area (Å²) in [7, 11) is -3.27. The highest BCUT2D eigenvalue weighted by molar-refractivity contribution is 7.86. The van der Waals surface area contributed by atoms with E-state index in [-0.39, 0.29) is 34.1 Å². The summed E-state index contributed by atoms with van der Waals surface area (Å²) in [6.07, 6.45) is -3.79. The minimum atomic E-state index is -4.34. The van der Waals surface area contributed by atoms with E-state index in [1.54, 1.807) is 31.2 Å². The molecule has 0 spiro atoms. The Morgan fingerprint density at radius 1 is 1.04 bits per heavy atom. The van der Waals surface area contributed by atoms with Gasteiger partial charge in [0.15, 0.2) is 0 Å². The van der Waals surface area contributed by atoms with Crippen LogP contribution in [0.1, 0.15) is 36.4 Å². The molecule has 1 heterocycles. The molecule has 1 saturated carbocycles. The quantitative estimate of drug-likeness (QED) is 0.298. The van der Waals surface area contributed by atoms with Crippen molar-refractivity contribution in [3.63, 3.8) is 0 Å². The highest BCUT2D eigenvalue weighted by Crippen LogP contribution is 2.40. The van der Waals surface area contributed by atoms with Crippen molar-refractivity contribution in [1.29, 1.82) is 0 Å². The summed E-state index contributed by atoms with van der Waals surface area (Å²) in [4.78, 5) is 43.2. The van der Waals surface area contributed by atoms with Crippen molar-refractivity contribution >= 4 is 45.3 Å². The molecule has 15 heteroatoms. The zero-order valence-electron chi connectivity index (χ0n) is 25.2. The van der Waals surface area contributed by atoms with E-state index in [0.29, 0.717) is 0 Å². The van der Waals surface area contributed by atoms with Gasteiger partial charge in [0.1, 0.15) is 17.9 Å². The van der Waals surface area contributed by atoms with Gasteiger partial charge in [0, 0.05) is 41.6 Å². The molecule has 2 aliphatic rings. The normalized spacial score (nSPS) is 19.8. The number of methoxy groups -OCH3 is 1. The molecule has 1 aliphatic heterocycles. The van der Waals surface area contributed by atoms with Crippen LogP contribution >= 0.6 is 11.6 Å². The molecule has 1 aliphatic carbocycles. The van der Waals surface area contributed by atoms with E-state index in [9.17, 15) is 36.0 Å². The zero-order valence-corrected chi connectivity index (χ0v) is 26.8. The van der Waals surface area contributed by atoms with Crippen LogP contribution in [0.2, 0.25) is 5.02 Å². The lowest BCUT2D eigenvalue weighted by Crippen LogP contribution is -2.56. The Kier molecular flexibility index (Phi) is 9.85. The maximum atomic E-state index is 14.6. The molecule has 250 valence electrons. The second-order valence-corrected chi connectivity index (χ2v) is 13.4. The largest absolute Gasteiger partial charge is 0.453 e. The van der Waals surface area contributed by atoms with E-state index in [0.717, 1.165) is 34.6 Å². The summed E-state index contributed by atoms with van der Waals surface area (Å²) >= 11 is 6.50. The Morgan fingerprint density at radius 3 is 2.34 bits per heavy atom. The molecule has 0 aromatic heterocycles. The number of likely N-dealkylation sites (tertiary alicyclic amines) is 1. The predicted octanol–water partition coefficient (Wildman–Crippen LogP) is 5.39. The number of hydrogen-bond donors (Lipinski definition) is 1. The fourth-order valence-electron chi connectivity index (χ4n) is 5.69. The number of rotatable bonds is 9. The molecule has 3 aromatic carbocycles. The van der Waals surface area contributed by atoms with Crippen LogP contribution in [0.15, 0.2) is 77.7 Å². The summed E-state index contributed by atoms with van der Waals surface area (Å²) in [5.41, 5.74) is 0.788. The summed E-state index contributed by atoms with van der Waals surface area (Å²) in [5.74, 6) is -5.54. The molecule has 47 heavy (non-hydrogen) atoms. The Labute approximate surface area is 274 Å². The van der Waals surface area contributed by atoms with E-state index >= 15 is 0 Å². The van der Waals surface area contributed by atoms with Crippen LogP contribution in [-0.4, -0.2) is 69.0 Å². The van der Waals surface area contributed by atoms with Crippen LogP contribution in [0.5, 0.6) is 0 Å². The van der Waals surface area contributed by atoms with Crippen molar-refractivity contribution in [2.45, 2.75) is 61.2 Å². The van der Waals surface area contributed by atoms with E-state index in [4.69, 9.17) is 20.5 Å². The van der Waals surface area contributed by atoms with Crippen molar-refractivity contribution in [3.8, 4) is 0 Å². The molecule has 1 saturated heterocycles. The third kappa shape index (κ3) is 7.55. The van der Waals surface area contributed by atoms with Gasteiger partial charge < -0.3 is 10.1 Å². The number of hydrogen-bond acceptors (Lipinski definition) is 7. The third-order valence-corrected chi connectivity index (χ3v) is 9.72. The first kappa shape index (κ1) is 34.2. The number of carbonyl (C=O) groups is 3. The Bertz CT molecular complexity index is 1770. The van der Waals surface area contributed by atoms with Crippen LogP contribution in [0.3, 0.4) is 0 Å². The molecule has 0 radical (unpaired) electrons. The fourth-order valence-corrected chi connectivity index (χ4v) is 7.01. The van der Waals surface area contributed by atoms with E-state index in [1.807, 2.05) is 0 Å². The van der Waals surface area contributed by atoms with Crippen molar-refractivity contribution in [2.75, 3.05) is 18.6 Å². The van der Waals surface area contributed by atoms with E-state index < -0.39 is 76.8 Å². The molecular weight excluding hydrogens is 663 g/mol. The lowest BCUT2D eigenvalue weighted by atomic mass is 9.87. The molecule has 2 unspecified atom stereocenters. The SMILES string of the molecule is COC(=O)N1CC(OS(=O)(=O)c2ccc(C)cc2)CC1C(=O)N(c1cccc(F)c1)[C@H](C(=O)NC1CC(F)(F)C1)c1ccccc1Cl. The zero-order chi connectivity index (χ0) is 34.1. The predicted molar refractivity (Wildman–Crippen MR) is 165 cm³/mol. The maximum Gasteiger partial charge on any atom is 0.410 e. The molecule has 3 aromatic rings. The molecule has 1 N–H and O–H groups in total. The molecule has 0 bridgehead atoms. The number of nitrogens with one attached hydrogen (secondary N) is 1. The molecular formula is C32H31ClF3N3O7S. The van der Waals surface area contributed by atoms with Crippen LogP contribution in [0, 0.1) is 12.7 Å². The number of nitrogens with zero attached hydrogens (tertiary/aromatic N) is 2. The molecule has 2 fully saturated rings. The minimum Gasteiger partial charge on any atom is -0.453 e. The van der Waals surface area contributed by atoms with Crippen molar-refractivity contribution in [3.05, 3.63) is 94.8 Å². The number of benzene rings is 3. The van der Waals surface area contributed by atoms with Gasteiger partial charge in [0.25, 0.3) is 21.9 Å². The topological polar surface area (TPSA) is 122 Å². The smallest absolute Gasteiger partial charge is 0.410 e. The van der Waals surface area contributed by atoms with E-state index in [2.05, 4.69) is 5.32 Å². The first-order valence-corrected chi connectivity index (χ1v) is 16.3. The Hall–Kier alpha value is -4.14. The first-order valence-electron chi connectivity index (χ1n) is 14.5. The van der Waals surface area contributed by atoms with Gasteiger partial charge in [-0.3, -0.25) is 23.6 Å². The third-order valence-electron chi connectivity index (χ3n) is 8.00. The van der Waals surface area contributed by atoms with Crippen LogP contribution in [0.4, 0.5) is 23.7 Å². The average molecular weight is 694 g/mol. The van der Waals surface area contributed by atoms with Gasteiger partial charge in [-0.2, -0.15) is 8.42 Å². The number of halogens is 4. The number of anilines is 1. The van der Waals surface area contributed by atoms with Gasteiger partial charge >= 0.3 is 6.09 Å². The van der Waals surface area contributed by atoms with Gasteiger partial charge in [-0.05, 0) is 43.3 Å². The standard InChI is InChI=1S/C32H31ClF3N3O7S/c1-19-10-12-24(13-11-19)47(43,44)46-23-15-27(38(18-23)31(42)45-2)30(41)39(22-7-5-6-20(34)14-22)28(25-8-3-4-9-26(25)33)29(40)37-21-16-32(35,36)17-21/h3-14,21,23,27-28H,15-18H2,1-2H3,(H,37,40)/t23?,27?,28-/m0/s1. The maximum absolute atomic E-state index is 14.6. The number of alkyl halides is 2. The van der Waals surface area contributed by atoms with E-state index in [1.165, 1.54) is 36.4 Å². The average Bonchev–Trinajstić information content (AvgIpc) is 3.42. The summed E-state index contributed by atoms with van der Waals surface area (Å²) in [6.45, 7) is 1.39. The monoisotopic (exact) mass is 693 g/mol. The van der Waals surface area contributed by atoms with Gasteiger partial charge in [-0.1, -0.05) is 53.6 Å². The van der Waals surface area contributed by atoms with Crippen LogP contribution < -0.4 is 10.2 Å². The molecule has 5 rings (SSSR count). The van der Waals surface area contributed by atoms with Gasteiger partial charge in [-0.25, -0.2) is 18.0 Å². The second kappa shape index (κ2) is 13.5. The van der Waals surface area contributed by atoms with Crippen molar-refractivity contribution < 1.29 is 44.9 Å². The number of aryl methyl sites for hydroxylation is 1. The number of carbonyl (C=O) groups excluding carboxylic acids is 3. The van der Waals surface area contributed by atoms with Crippen LogP contribution in [0.25, 0.3) is 0 Å². The second-order valence-electron chi connectivity index (χ2n) is 11.4. The highest BCUT2D eigenvalue weighted by atomic mass is 35.5. The molecule has 3 atom stereocenters. The van der Waals surface area contributed by atoms with Gasteiger partial charge in [0.2, 0.25) is 5.91 Å². The number of ether oxygens (including phenoxy) is 1. The molecule has 3 amide bonds. The lowest BCUT2D eigenvalue weighted by Gasteiger charge is -2.39.